The molecule has 2 unspecified atom stereocenters. The minimum Gasteiger partial charge on any atom is -0.468 e. The maximum absolute atomic E-state index is 12.8. The molecule has 40 heavy (non-hydrogen) atoms. The van der Waals surface area contributed by atoms with Gasteiger partial charge >= 0.3 is 23.9 Å². The molecule has 0 aliphatic heterocycles. The molecular weight excluding hydrogens is 514 g/mol. The van der Waals surface area contributed by atoms with Gasteiger partial charge in [-0.1, -0.05) is 65.9 Å². The van der Waals surface area contributed by atoms with Gasteiger partial charge in [0, 0.05) is 25.7 Å². The number of nitrogens with two attached hydrogens (primary N) is 1. The maximum Gasteiger partial charge on any atom is 0.326 e. The average Bonchev–Trinajstić information content (AvgIpc) is 2.89. The SMILES string of the molecule is CCCCCC(=O)Oc1ccc(C[C@](N)(CC(C)OC(=O)C(C)CCC)C(=O)OC)cc1OC(=O)CCCCC. The molecule has 0 saturated carbocycles. The summed E-state index contributed by atoms with van der Waals surface area (Å²) in [4.78, 5) is 50.1. The number of rotatable bonds is 19. The van der Waals surface area contributed by atoms with Gasteiger partial charge in [0.2, 0.25) is 0 Å². The van der Waals surface area contributed by atoms with E-state index in [1.165, 1.54) is 13.2 Å². The van der Waals surface area contributed by atoms with Crippen molar-refractivity contribution < 1.29 is 38.1 Å². The normalized spacial score (nSPS) is 14.0. The lowest BCUT2D eigenvalue weighted by molar-refractivity contribution is -0.157. The van der Waals surface area contributed by atoms with Crippen LogP contribution in [0.2, 0.25) is 0 Å². The number of ether oxygens (including phenoxy) is 4. The van der Waals surface area contributed by atoms with Crippen LogP contribution in [0.3, 0.4) is 0 Å². The maximum atomic E-state index is 12.8. The summed E-state index contributed by atoms with van der Waals surface area (Å²) in [5.74, 6) is -1.91. The number of methoxy groups -OCH3 is 1. The predicted octanol–water partition coefficient (Wildman–Crippen LogP) is 5.83. The van der Waals surface area contributed by atoms with Crippen molar-refractivity contribution in [2.75, 3.05) is 7.11 Å². The number of benzene rings is 1. The molecule has 9 heteroatoms. The number of carbonyl (C=O) groups is 4. The van der Waals surface area contributed by atoms with E-state index in [1.54, 1.807) is 26.0 Å². The Labute approximate surface area is 239 Å². The van der Waals surface area contributed by atoms with Crippen molar-refractivity contribution in [1.82, 2.24) is 0 Å². The summed E-state index contributed by atoms with van der Waals surface area (Å²) in [6.45, 7) is 9.57. The largest absolute Gasteiger partial charge is 0.468 e. The Morgan fingerprint density at radius 1 is 0.850 bits per heavy atom. The second-order valence-corrected chi connectivity index (χ2v) is 10.6. The van der Waals surface area contributed by atoms with E-state index in [9.17, 15) is 19.2 Å². The summed E-state index contributed by atoms with van der Waals surface area (Å²) in [6.07, 6.45) is 6.53. The van der Waals surface area contributed by atoms with Crippen LogP contribution in [0.1, 0.15) is 111 Å². The first-order valence-corrected chi connectivity index (χ1v) is 14.6. The lowest BCUT2D eigenvalue weighted by Crippen LogP contribution is -2.53. The molecule has 0 amide bonds. The van der Waals surface area contributed by atoms with Crippen LogP contribution in [0.4, 0.5) is 0 Å². The molecule has 1 aromatic carbocycles. The highest BCUT2D eigenvalue weighted by Gasteiger charge is 2.38. The summed E-state index contributed by atoms with van der Waals surface area (Å²) in [5, 5.41) is 0. The Morgan fingerprint density at radius 3 is 1.95 bits per heavy atom. The van der Waals surface area contributed by atoms with Crippen molar-refractivity contribution in [3.63, 3.8) is 0 Å². The van der Waals surface area contributed by atoms with Crippen molar-refractivity contribution in [2.24, 2.45) is 11.7 Å². The summed E-state index contributed by atoms with van der Waals surface area (Å²) in [6, 6.07) is 4.75. The molecule has 226 valence electrons. The summed E-state index contributed by atoms with van der Waals surface area (Å²) < 4.78 is 21.7. The fourth-order valence-corrected chi connectivity index (χ4v) is 4.43. The Balaban J connectivity index is 3.18. The number of esters is 4. The van der Waals surface area contributed by atoms with Gasteiger partial charge in [-0.3, -0.25) is 19.2 Å². The molecule has 9 nitrogen and oxygen atoms in total. The second-order valence-electron chi connectivity index (χ2n) is 10.6. The van der Waals surface area contributed by atoms with E-state index in [0.717, 1.165) is 32.1 Å². The monoisotopic (exact) mass is 563 g/mol. The van der Waals surface area contributed by atoms with Gasteiger partial charge in [0.25, 0.3) is 0 Å². The summed E-state index contributed by atoms with van der Waals surface area (Å²) in [7, 11) is 1.24. The Morgan fingerprint density at radius 2 is 1.43 bits per heavy atom. The lowest BCUT2D eigenvalue weighted by atomic mass is 9.86. The summed E-state index contributed by atoms with van der Waals surface area (Å²) >= 11 is 0. The number of hydrogen-bond donors (Lipinski definition) is 1. The van der Waals surface area contributed by atoms with Crippen molar-refractivity contribution in [1.29, 1.82) is 0 Å². The van der Waals surface area contributed by atoms with Crippen LogP contribution in [0.5, 0.6) is 11.5 Å². The molecule has 3 atom stereocenters. The Kier molecular flexibility index (Phi) is 16.2. The van der Waals surface area contributed by atoms with E-state index in [4.69, 9.17) is 24.7 Å². The first kappa shape index (κ1) is 35.1. The molecule has 0 bridgehead atoms. The molecule has 0 fully saturated rings. The molecule has 0 heterocycles. The van der Waals surface area contributed by atoms with Crippen molar-refractivity contribution in [3.05, 3.63) is 23.8 Å². The van der Waals surface area contributed by atoms with E-state index in [-0.39, 0.29) is 49.1 Å². The molecule has 1 rings (SSSR count). The number of hydrogen-bond acceptors (Lipinski definition) is 9. The van der Waals surface area contributed by atoms with Crippen molar-refractivity contribution >= 4 is 23.9 Å². The Hall–Kier alpha value is -2.94. The third-order valence-electron chi connectivity index (χ3n) is 6.63. The fourth-order valence-electron chi connectivity index (χ4n) is 4.43. The zero-order valence-corrected chi connectivity index (χ0v) is 25.2. The van der Waals surface area contributed by atoms with E-state index >= 15 is 0 Å². The molecule has 2 N–H and O–H groups in total. The predicted molar refractivity (Wildman–Crippen MR) is 153 cm³/mol. The Bertz CT molecular complexity index is 963. The quantitative estimate of drug-likeness (QED) is 0.125. The third kappa shape index (κ3) is 12.5. The van der Waals surface area contributed by atoms with Crippen LogP contribution >= 0.6 is 0 Å². The molecule has 0 aliphatic rings. The minimum absolute atomic E-state index is 0.0111. The number of carbonyl (C=O) groups excluding carboxylic acids is 4. The zero-order valence-electron chi connectivity index (χ0n) is 25.2. The highest BCUT2D eigenvalue weighted by atomic mass is 16.6. The molecule has 1 aromatic rings. The molecule has 0 saturated heterocycles. The molecule has 0 aromatic heterocycles. The van der Waals surface area contributed by atoms with Gasteiger partial charge < -0.3 is 24.7 Å². The van der Waals surface area contributed by atoms with Gasteiger partial charge in [-0.15, -0.1) is 0 Å². The van der Waals surface area contributed by atoms with Gasteiger partial charge in [-0.2, -0.15) is 0 Å². The lowest BCUT2D eigenvalue weighted by Gasteiger charge is -2.30. The molecule has 0 aliphatic carbocycles. The van der Waals surface area contributed by atoms with Crippen LogP contribution in [0.25, 0.3) is 0 Å². The van der Waals surface area contributed by atoms with Crippen LogP contribution in [0, 0.1) is 5.92 Å². The van der Waals surface area contributed by atoms with Gasteiger partial charge in [-0.25, -0.2) is 0 Å². The second kappa shape index (κ2) is 18.4. The topological polar surface area (TPSA) is 131 Å². The van der Waals surface area contributed by atoms with Crippen LogP contribution in [-0.4, -0.2) is 42.6 Å². The first-order valence-electron chi connectivity index (χ1n) is 14.6. The van der Waals surface area contributed by atoms with Gasteiger partial charge in [0.05, 0.1) is 13.0 Å². The van der Waals surface area contributed by atoms with Gasteiger partial charge in [-0.05, 0) is 43.9 Å². The molecular formula is C31H49NO8. The zero-order chi connectivity index (χ0) is 30.1. The highest BCUT2D eigenvalue weighted by molar-refractivity contribution is 5.81. The standard InChI is InChI=1S/C31H49NO8/c1-7-10-12-15-27(33)39-25-18-17-24(19-26(25)40-28(34)16-13-11-8-2)21-31(32,30(36)37-6)20-23(5)38-29(35)22(4)14-9-3/h17-19,22-23H,7-16,20-21,32H2,1-6H3/t22?,23?,31-/m1/s1. The van der Waals surface area contributed by atoms with Gasteiger partial charge in [0.1, 0.15) is 11.6 Å². The molecule has 0 spiro atoms. The fraction of sp³-hybridized carbons (Fsp3) is 0.677. The molecule has 0 radical (unpaired) electrons. The van der Waals surface area contributed by atoms with E-state index in [1.807, 2.05) is 20.8 Å². The van der Waals surface area contributed by atoms with E-state index in [2.05, 4.69) is 0 Å². The third-order valence-corrected chi connectivity index (χ3v) is 6.63. The van der Waals surface area contributed by atoms with Crippen LogP contribution in [0.15, 0.2) is 18.2 Å². The van der Waals surface area contributed by atoms with Crippen LogP contribution < -0.4 is 15.2 Å². The van der Waals surface area contributed by atoms with Crippen molar-refractivity contribution in [3.8, 4) is 11.5 Å². The smallest absolute Gasteiger partial charge is 0.326 e. The average molecular weight is 564 g/mol. The number of unbranched alkanes of at least 4 members (excludes halogenated alkanes) is 4. The first-order chi connectivity index (χ1) is 19.0. The highest BCUT2D eigenvalue weighted by Crippen LogP contribution is 2.32. The van der Waals surface area contributed by atoms with Crippen LogP contribution in [-0.2, 0) is 35.1 Å². The van der Waals surface area contributed by atoms with E-state index in [0.29, 0.717) is 24.8 Å². The minimum atomic E-state index is -1.52. The van der Waals surface area contributed by atoms with Gasteiger partial charge in [0.15, 0.2) is 11.5 Å². The van der Waals surface area contributed by atoms with E-state index < -0.39 is 29.6 Å². The van der Waals surface area contributed by atoms with Crippen molar-refractivity contribution in [2.45, 2.75) is 123 Å². The summed E-state index contributed by atoms with van der Waals surface area (Å²) in [5.41, 5.74) is 5.59.